The summed E-state index contributed by atoms with van der Waals surface area (Å²) in [4.78, 5) is 1.91. The van der Waals surface area contributed by atoms with Gasteiger partial charge in [0.05, 0.1) is 5.84 Å². The molecule has 0 aromatic heterocycles. The summed E-state index contributed by atoms with van der Waals surface area (Å²) in [6, 6.07) is 4.64. The summed E-state index contributed by atoms with van der Waals surface area (Å²) < 4.78 is 13.4. The highest BCUT2D eigenvalue weighted by Crippen LogP contribution is 2.15. The number of hydrogen-bond acceptors (Lipinski definition) is 2. The van der Waals surface area contributed by atoms with E-state index in [0.717, 1.165) is 0 Å². The highest BCUT2D eigenvalue weighted by atomic mass is 35.5. The van der Waals surface area contributed by atoms with Crippen LogP contribution in [0.25, 0.3) is 0 Å². The topological polar surface area (TPSA) is 53.1 Å². The number of nitrogens with two attached hydrogens (primary N) is 1. The van der Waals surface area contributed by atoms with Crippen molar-refractivity contribution in [2.45, 2.75) is 13.0 Å². The van der Waals surface area contributed by atoms with Gasteiger partial charge in [-0.15, -0.1) is 0 Å². The monoisotopic (exact) mass is 243 g/mol. The Balaban J connectivity index is 2.55. The molecule has 0 spiro atoms. The van der Waals surface area contributed by atoms with E-state index in [1.54, 1.807) is 12.1 Å². The van der Waals surface area contributed by atoms with Crippen molar-refractivity contribution in [3.05, 3.63) is 34.6 Å². The lowest BCUT2D eigenvalue weighted by molar-refractivity contribution is 0.330. The minimum atomic E-state index is -0.304. The van der Waals surface area contributed by atoms with Gasteiger partial charge in [-0.3, -0.25) is 5.41 Å². The molecule has 0 fully saturated rings. The predicted octanol–water partition coefficient (Wildman–Crippen LogP) is 2.24. The smallest absolute Gasteiger partial charge is 0.129 e. The summed E-state index contributed by atoms with van der Waals surface area (Å²) in [5.74, 6) is -0.161. The average Bonchev–Trinajstić information content (AvgIpc) is 2.19. The van der Waals surface area contributed by atoms with Crippen molar-refractivity contribution in [3.8, 4) is 0 Å². The predicted molar refractivity (Wildman–Crippen MR) is 64.3 cm³/mol. The third-order valence-corrected chi connectivity index (χ3v) is 2.45. The molecule has 5 heteroatoms. The largest absolute Gasteiger partial charge is 0.388 e. The molecule has 0 aliphatic rings. The second-order valence-electron chi connectivity index (χ2n) is 3.75. The van der Waals surface area contributed by atoms with Crippen LogP contribution in [-0.2, 0) is 6.54 Å². The fourth-order valence-electron chi connectivity index (χ4n) is 1.33. The molecule has 0 bridgehead atoms. The molecule has 16 heavy (non-hydrogen) atoms. The number of hydrogen-bond donors (Lipinski definition) is 2. The summed E-state index contributed by atoms with van der Waals surface area (Å²) in [5.41, 5.74) is 5.84. The molecule has 1 rings (SSSR count). The molecule has 0 heterocycles. The minimum absolute atomic E-state index is 0.142. The maximum atomic E-state index is 13.4. The summed E-state index contributed by atoms with van der Waals surface area (Å²) in [6.07, 6.45) is 0.492. The van der Waals surface area contributed by atoms with Gasteiger partial charge in [0.25, 0.3) is 0 Å². The normalized spacial score (nSPS) is 10.8. The van der Waals surface area contributed by atoms with E-state index >= 15 is 0 Å². The van der Waals surface area contributed by atoms with Crippen molar-refractivity contribution >= 4 is 17.4 Å². The molecule has 0 radical (unpaired) electrons. The maximum absolute atomic E-state index is 13.4. The van der Waals surface area contributed by atoms with Crippen molar-refractivity contribution in [3.63, 3.8) is 0 Å². The zero-order valence-electron chi connectivity index (χ0n) is 9.13. The molecule has 0 aliphatic heterocycles. The van der Waals surface area contributed by atoms with E-state index in [-0.39, 0.29) is 11.7 Å². The molecule has 0 saturated heterocycles. The summed E-state index contributed by atoms with van der Waals surface area (Å²) in [6.45, 7) is 1.12. The SMILES string of the molecule is CN(CCC(=N)N)Cc1ccc(Cl)cc1F. The molecule has 88 valence electrons. The van der Waals surface area contributed by atoms with Gasteiger partial charge in [-0.2, -0.15) is 0 Å². The van der Waals surface area contributed by atoms with Crippen LogP contribution in [0.2, 0.25) is 5.02 Å². The molecule has 0 atom stereocenters. The van der Waals surface area contributed by atoms with Crippen molar-refractivity contribution in [1.29, 1.82) is 5.41 Å². The Bertz CT molecular complexity index is 381. The molecule has 3 nitrogen and oxygen atoms in total. The third-order valence-electron chi connectivity index (χ3n) is 2.22. The molecule has 0 unspecified atom stereocenters. The van der Waals surface area contributed by atoms with Gasteiger partial charge in [0, 0.05) is 30.1 Å². The molecule has 3 N–H and O–H groups in total. The zero-order valence-corrected chi connectivity index (χ0v) is 9.89. The molecule has 0 amide bonds. The lowest BCUT2D eigenvalue weighted by Crippen LogP contribution is -2.24. The van der Waals surface area contributed by atoms with Gasteiger partial charge in [0.1, 0.15) is 5.82 Å². The van der Waals surface area contributed by atoms with Gasteiger partial charge < -0.3 is 10.6 Å². The lowest BCUT2D eigenvalue weighted by atomic mass is 10.2. The van der Waals surface area contributed by atoms with Gasteiger partial charge >= 0.3 is 0 Å². The van der Waals surface area contributed by atoms with E-state index in [1.165, 1.54) is 6.07 Å². The first-order chi connectivity index (χ1) is 7.49. The summed E-state index contributed by atoms with van der Waals surface area (Å²) >= 11 is 5.66. The Morgan fingerprint density at radius 2 is 2.25 bits per heavy atom. The van der Waals surface area contributed by atoms with E-state index in [9.17, 15) is 4.39 Å². The number of nitrogens with zero attached hydrogens (tertiary/aromatic N) is 1. The lowest BCUT2D eigenvalue weighted by Gasteiger charge is -2.16. The highest BCUT2D eigenvalue weighted by Gasteiger charge is 2.06. The summed E-state index contributed by atoms with van der Waals surface area (Å²) in [5, 5.41) is 7.49. The average molecular weight is 244 g/mol. The van der Waals surface area contributed by atoms with Crippen LogP contribution in [0.1, 0.15) is 12.0 Å². The second-order valence-corrected chi connectivity index (χ2v) is 4.19. The molecule has 1 aromatic carbocycles. The maximum Gasteiger partial charge on any atom is 0.129 e. The van der Waals surface area contributed by atoms with Crippen LogP contribution >= 0.6 is 11.6 Å². The van der Waals surface area contributed by atoms with E-state index in [1.807, 2.05) is 11.9 Å². The van der Waals surface area contributed by atoms with Gasteiger partial charge in [-0.25, -0.2) is 4.39 Å². The fourth-order valence-corrected chi connectivity index (χ4v) is 1.49. The van der Waals surface area contributed by atoms with Crippen LogP contribution in [0.5, 0.6) is 0 Å². The van der Waals surface area contributed by atoms with Gasteiger partial charge in [0.15, 0.2) is 0 Å². The fraction of sp³-hybridized carbons (Fsp3) is 0.364. The molecular weight excluding hydrogens is 229 g/mol. The van der Waals surface area contributed by atoms with Crippen molar-refractivity contribution in [1.82, 2.24) is 4.90 Å². The number of amidine groups is 1. The second kappa shape index (κ2) is 5.82. The third kappa shape index (κ3) is 4.16. The Morgan fingerprint density at radius 3 is 2.81 bits per heavy atom. The van der Waals surface area contributed by atoms with Crippen LogP contribution in [-0.4, -0.2) is 24.3 Å². The first-order valence-electron chi connectivity index (χ1n) is 4.94. The summed E-state index contributed by atoms with van der Waals surface area (Å²) in [7, 11) is 1.86. The highest BCUT2D eigenvalue weighted by molar-refractivity contribution is 6.30. The quantitative estimate of drug-likeness (QED) is 0.616. The Hall–Kier alpha value is -1.13. The van der Waals surface area contributed by atoms with Crippen molar-refractivity contribution in [2.24, 2.45) is 5.73 Å². The van der Waals surface area contributed by atoms with Gasteiger partial charge in [-0.1, -0.05) is 17.7 Å². The van der Waals surface area contributed by atoms with Crippen LogP contribution in [0, 0.1) is 11.2 Å². The van der Waals surface area contributed by atoms with E-state index < -0.39 is 0 Å². The van der Waals surface area contributed by atoms with Crippen LogP contribution in [0.3, 0.4) is 0 Å². The molecule has 1 aromatic rings. The van der Waals surface area contributed by atoms with Crippen LogP contribution in [0.4, 0.5) is 4.39 Å². The number of rotatable bonds is 5. The van der Waals surface area contributed by atoms with Crippen molar-refractivity contribution < 1.29 is 4.39 Å². The Labute approximate surface area is 99.5 Å². The first-order valence-corrected chi connectivity index (χ1v) is 5.32. The van der Waals surface area contributed by atoms with E-state index in [0.29, 0.717) is 30.1 Å². The van der Waals surface area contributed by atoms with Crippen LogP contribution < -0.4 is 5.73 Å². The van der Waals surface area contributed by atoms with Crippen LogP contribution in [0.15, 0.2) is 18.2 Å². The Morgan fingerprint density at radius 1 is 1.56 bits per heavy atom. The zero-order chi connectivity index (χ0) is 12.1. The van der Waals surface area contributed by atoms with E-state index in [2.05, 4.69) is 0 Å². The van der Waals surface area contributed by atoms with Crippen molar-refractivity contribution in [2.75, 3.05) is 13.6 Å². The van der Waals surface area contributed by atoms with Gasteiger partial charge in [-0.05, 0) is 19.2 Å². The number of nitrogens with one attached hydrogen (secondary N) is 1. The number of benzene rings is 1. The molecule has 0 aliphatic carbocycles. The number of halogens is 2. The molecule has 0 saturated carbocycles. The molecular formula is C11H15ClFN3. The van der Waals surface area contributed by atoms with Gasteiger partial charge in [0.2, 0.25) is 0 Å². The Kier molecular flexibility index (Phi) is 4.71. The minimum Gasteiger partial charge on any atom is -0.388 e. The van der Waals surface area contributed by atoms with E-state index in [4.69, 9.17) is 22.7 Å². The standard InChI is InChI=1S/C11H15ClFN3/c1-16(5-4-11(14)15)7-8-2-3-9(12)6-10(8)13/h2-3,6H,4-5,7H2,1H3,(H3,14,15). The first kappa shape index (κ1) is 12.9.